The summed E-state index contributed by atoms with van der Waals surface area (Å²) in [5, 5.41) is 6.76. The third-order valence-corrected chi connectivity index (χ3v) is 5.70. The summed E-state index contributed by atoms with van der Waals surface area (Å²) in [5.74, 6) is 1.54. The third kappa shape index (κ3) is 3.24. The quantitative estimate of drug-likeness (QED) is 0.896. The Bertz CT molecular complexity index is 833. The van der Waals surface area contributed by atoms with Gasteiger partial charge in [-0.15, -0.1) is 0 Å². The van der Waals surface area contributed by atoms with Crippen LogP contribution in [0.5, 0.6) is 5.75 Å². The molecule has 27 heavy (non-hydrogen) atoms. The highest BCUT2D eigenvalue weighted by Gasteiger charge is 2.38. The van der Waals surface area contributed by atoms with Crippen molar-refractivity contribution in [3.8, 4) is 5.75 Å². The predicted octanol–water partition coefficient (Wildman–Crippen LogP) is 2.49. The van der Waals surface area contributed by atoms with E-state index in [0.29, 0.717) is 32.1 Å². The zero-order valence-electron chi connectivity index (χ0n) is 15.0. The number of H-pyrrole nitrogens is 1. The molecule has 1 atom stereocenters. The maximum atomic E-state index is 14.2. The van der Waals surface area contributed by atoms with Crippen molar-refractivity contribution in [2.45, 2.75) is 37.2 Å². The fourth-order valence-electron chi connectivity index (χ4n) is 3.90. The first kappa shape index (κ1) is 16.5. The molecule has 3 aliphatic rings. The van der Waals surface area contributed by atoms with Gasteiger partial charge in [0.2, 0.25) is 0 Å². The maximum Gasteiger partial charge on any atom is 0.320 e. The van der Waals surface area contributed by atoms with Crippen LogP contribution in [0.25, 0.3) is 0 Å². The second-order valence-corrected chi connectivity index (χ2v) is 7.69. The number of carbonyl (C=O) groups excluding carboxylic acids is 1. The number of amides is 2. The first-order valence-electron chi connectivity index (χ1n) is 9.52. The van der Waals surface area contributed by atoms with Gasteiger partial charge in [-0.05, 0) is 42.9 Å². The molecule has 2 aliphatic heterocycles. The van der Waals surface area contributed by atoms with Crippen LogP contribution in [-0.4, -0.2) is 63.3 Å². The van der Waals surface area contributed by atoms with Crippen molar-refractivity contribution in [2.75, 3.05) is 26.2 Å². The number of carbonyl (C=O) groups is 1. The smallest absolute Gasteiger partial charge is 0.320 e. The minimum atomic E-state index is -0.307. The van der Waals surface area contributed by atoms with Gasteiger partial charge in [-0.25, -0.2) is 14.2 Å². The lowest BCUT2D eigenvalue weighted by Crippen LogP contribution is -2.59. The fourth-order valence-corrected chi connectivity index (χ4v) is 3.90. The normalized spacial score (nSPS) is 22.8. The van der Waals surface area contributed by atoms with Crippen LogP contribution < -0.4 is 4.74 Å². The molecule has 1 saturated carbocycles. The van der Waals surface area contributed by atoms with E-state index < -0.39 is 0 Å². The summed E-state index contributed by atoms with van der Waals surface area (Å²) in [6.07, 6.45) is 4.52. The summed E-state index contributed by atoms with van der Waals surface area (Å²) in [6.45, 7) is 2.34. The molecule has 0 radical (unpaired) electrons. The van der Waals surface area contributed by atoms with Crippen molar-refractivity contribution in [1.82, 2.24) is 25.0 Å². The van der Waals surface area contributed by atoms with Crippen LogP contribution in [0.15, 0.2) is 24.5 Å². The van der Waals surface area contributed by atoms with E-state index in [-0.39, 0.29) is 29.6 Å². The lowest BCUT2D eigenvalue weighted by atomic mass is 10.1. The van der Waals surface area contributed by atoms with Gasteiger partial charge < -0.3 is 14.5 Å². The Kier molecular flexibility index (Phi) is 3.98. The number of benzene rings is 1. The number of hydrogen-bond donors (Lipinski definition) is 1. The van der Waals surface area contributed by atoms with Crippen LogP contribution in [0.1, 0.15) is 42.5 Å². The minimum Gasteiger partial charge on any atom is -0.484 e. The zero-order valence-corrected chi connectivity index (χ0v) is 15.0. The topological polar surface area (TPSA) is 74.3 Å². The number of likely N-dealkylation sites (tertiary alicyclic amines) is 2. The van der Waals surface area contributed by atoms with E-state index in [1.807, 2.05) is 11.0 Å². The van der Waals surface area contributed by atoms with Gasteiger partial charge >= 0.3 is 6.03 Å². The van der Waals surface area contributed by atoms with E-state index in [9.17, 15) is 9.18 Å². The lowest BCUT2D eigenvalue weighted by molar-refractivity contribution is 0.0309. The van der Waals surface area contributed by atoms with E-state index in [1.54, 1.807) is 17.0 Å². The maximum absolute atomic E-state index is 14.2. The van der Waals surface area contributed by atoms with Gasteiger partial charge in [0.05, 0.1) is 13.1 Å². The van der Waals surface area contributed by atoms with Crippen molar-refractivity contribution in [3.63, 3.8) is 0 Å². The average Bonchev–Trinajstić information content (AvgIpc) is 3.13. The van der Waals surface area contributed by atoms with Gasteiger partial charge in [-0.1, -0.05) is 6.07 Å². The number of halogens is 1. The van der Waals surface area contributed by atoms with E-state index in [2.05, 4.69) is 15.2 Å². The van der Waals surface area contributed by atoms with E-state index in [1.165, 1.54) is 6.33 Å². The zero-order chi connectivity index (χ0) is 18.4. The molecule has 0 bridgehead atoms. The van der Waals surface area contributed by atoms with E-state index >= 15 is 0 Å². The molecule has 5 rings (SSSR count). The number of rotatable bonds is 4. The van der Waals surface area contributed by atoms with E-state index in [0.717, 1.165) is 30.7 Å². The molecule has 142 valence electrons. The molecular formula is C19H22FN5O2. The average molecular weight is 371 g/mol. The molecule has 3 fully saturated rings. The molecule has 2 amide bonds. The molecule has 1 aromatic carbocycles. The fraction of sp³-hybridized carbons (Fsp3) is 0.526. The third-order valence-electron chi connectivity index (χ3n) is 5.70. The summed E-state index contributed by atoms with van der Waals surface area (Å²) in [5.41, 5.74) is 1.06. The molecule has 2 aromatic rings. The Hall–Kier alpha value is -2.64. The van der Waals surface area contributed by atoms with Gasteiger partial charge in [0.25, 0.3) is 0 Å². The summed E-state index contributed by atoms with van der Waals surface area (Å²) in [7, 11) is 0. The highest BCUT2D eigenvalue weighted by molar-refractivity contribution is 5.76. The molecule has 8 heteroatoms. The SMILES string of the molecule is O=C(N1CC(Oc2ccc(C3CC3)cc2F)C1)N1CC[C@H](c2ncn[nH]2)C1. The standard InChI is InChI=1S/C19H22FN5O2/c20-16-7-13(12-1-2-12)3-4-17(16)27-15-9-25(10-15)19(26)24-6-5-14(8-24)18-21-11-22-23-18/h3-4,7,11-12,14-15H,1-2,5-6,8-10H2,(H,21,22,23)/t14-/m0/s1. The number of nitrogens with one attached hydrogen (secondary N) is 1. The molecule has 0 unspecified atom stereocenters. The molecule has 1 aromatic heterocycles. The van der Waals surface area contributed by atoms with Crippen LogP contribution in [0, 0.1) is 5.82 Å². The monoisotopic (exact) mass is 371 g/mol. The predicted molar refractivity (Wildman–Crippen MR) is 95.1 cm³/mol. The summed E-state index contributed by atoms with van der Waals surface area (Å²) >= 11 is 0. The molecule has 7 nitrogen and oxygen atoms in total. The van der Waals surface area contributed by atoms with Gasteiger partial charge in [0, 0.05) is 19.0 Å². The van der Waals surface area contributed by atoms with Crippen LogP contribution >= 0.6 is 0 Å². The molecule has 0 spiro atoms. The van der Waals surface area contributed by atoms with Gasteiger partial charge in [-0.2, -0.15) is 5.10 Å². The number of ether oxygens (including phenoxy) is 1. The Balaban J connectivity index is 1.13. The van der Waals surface area contributed by atoms with Crippen LogP contribution in [0.4, 0.5) is 9.18 Å². The Morgan fingerprint density at radius 1 is 1.15 bits per heavy atom. The van der Waals surface area contributed by atoms with Crippen molar-refractivity contribution < 1.29 is 13.9 Å². The molecule has 3 heterocycles. The highest BCUT2D eigenvalue weighted by atomic mass is 19.1. The van der Waals surface area contributed by atoms with Crippen molar-refractivity contribution in [1.29, 1.82) is 0 Å². The van der Waals surface area contributed by atoms with Gasteiger partial charge in [-0.3, -0.25) is 5.10 Å². The van der Waals surface area contributed by atoms with Crippen molar-refractivity contribution in [3.05, 3.63) is 41.7 Å². The lowest BCUT2D eigenvalue weighted by Gasteiger charge is -2.40. The summed E-state index contributed by atoms with van der Waals surface area (Å²) in [4.78, 5) is 20.4. The molecule has 1 aliphatic carbocycles. The van der Waals surface area contributed by atoms with Crippen molar-refractivity contribution >= 4 is 6.03 Å². The Morgan fingerprint density at radius 2 is 2.00 bits per heavy atom. The number of aromatic nitrogens is 3. The first-order valence-corrected chi connectivity index (χ1v) is 9.52. The largest absolute Gasteiger partial charge is 0.484 e. The van der Waals surface area contributed by atoms with Crippen LogP contribution in [0.2, 0.25) is 0 Å². The second kappa shape index (κ2) is 6.51. The number of aromatic amines is 1. The minimum absolute atomic E-state index is 0.0152. The van der Waals surface area contributed by atoms with Crippen LogP contribution in [-0.2, 0) is 0 Å². The van der Waals surface area contributed by atoms with Crippen LogP contribution in [0.3, 0.4) is 0 Å². The summed E-state index contributed by atoms with van der Waals surface area (Å²) < 4.78 is 20.0. The summed E-state index contributed by atoms with van der Waals surface area (Å²) in [6, 6.07) is 5.27. The number of nitrogens with zero attached hydrogens (tertiary/aromatic N) is 4. The Morgan fingerprint density at radius 3 is 2.70 bits per heavy atom. The van der Waals surface area contributed by atoms with E-state index in [4.69, 9.17) is 4.74 Å². The number of hydrogen-bond acceptors (Lipinski definition) is 4. The second-order valence-electron chi connectivity index (χ2n) is 7.69. The first-order chi connectivity index (χ1) is 13.2. The molecule has 1 N–H and O–H groups in total. The molecule has 2 saturated heterocycles. The Labute approximate surface area is 156 Å². The number of urea groups is 1. The van der Waals surface area contributed by atoms with Gasteiger partial charge in [0.15, 0.2) is 11.6 Å². The highest BCUT2D eigenvalue weighted by Crippen LogP contribution is 2.41. The molecular weight excluding hydrogens is 349 g/mol. The van der Waals surface area contributed by atoms with Crippen molar-refractivity contribution in [2.24, 2.45) is 0 Å². The van der Waals surface area contributed by atoms with Gasteiger partial charge in [0.1, 0.15) is 18.3 Å².